The topological polar surface area (TPSA) is 93.1 Å². The van der Waals surface area contributed by atoms with E-state index in [0.717, 1.165) is 44.0 Å². The maximum absolute atomic E-state index is 6.05. The Morgan fingerprint density at radius 3 is 2.64 bits per heavy atom. The van der Waals surface area contributed by atoms with Gasteiger partial charge in [-0.3, -0.25) is 5.32 Å². The number of benzene rings is 1. The average Bonchev–Trinajstić information content (AvgIpc) is 2.65. The minimum Gasteiger partial charge on any atom is -0.359 e. The third kappa shape index (κ3) is 5.70. The van der Waals surface area contributed by atoms with E-state index in [1.807, 2.05) is 13.0 Å². The number of nitrogens with zero attached hydrogens (tertiary/aromatic N) is 3. The third-order valence-corrected chi connectivity index (χ3v) is 5.43. The second-order valence-corrected chi connectivity index (χ2v) is 7.68. The molecule has 0 unspecified atom stereocenters. The molecule has 1 fully saturated rings. The molecule has 3 rings (SSSR count). The van der Waals surface area contributed by atoms with Crippen molar-refractivity contribution in [1.29, 1.82) is 0 Å². The fraction of sp³-hybridized carbons (Fsp3) is 0.421. The zero-order valence-corrected chi connectivity index (χ0v) is 17.6. The van der Waals surface area contributed by atoms with E-state index in [-0.39, 0.29) is 0 Å². The Morgan fingerprint density at radius 1 is 1.21 bits per heavy atom. The minimum atomic E-state index is 0.297. The molecule has 9 heteroatoms. The average molecular weight is 423 g/mol. The zero-order valence-electron chi connectivity index (χ0n) is 16.1. The Hall–Kier alpha value is -2.09. The monoisotopic (exact) mass is 422 g/mol. The van der Waals surface area contributed by atoms with E-state index in [1.54, 1.807) is 18.2 Å². The molecule has 0 spiro atoms. The fourth-order valence-corrected chi connectivity index (χ4v) is 3.48. The Morgan fingerprint density at radius 2 is 1.96 bits per heavy atom. The number of nitrogens with two attached hydrogens (primary N) is 1. The number of aromatic nitrogens is 2. The summed E-state index contributed by atoms with van der Waals surface area (Å²) < 4.78 is 0. The molecule has 1 aliphatic heterocycles. The van der Waals surface area contributed by atoms with Gasteiger partial charge in [0.05, 0.1) is 21.4 Å². The molecule has 1 aromatic carbocycles. The van der Waals surface area contributed by atoms with Crippen LogP contribution in [-0.2, 0) is 0 Å². The maximum Gasteiger partial charge on any atom is 0.355 e. The van der Waals surface area contributed by atoms with Gasteiger partial charge in [0.1, 0.15) is 0 Å². The van der Waals surface area contributed by atoms with Gasteiger partial charge in [0, 0.05) is 25.2 Å². The number of piperidine rings is 1. The second-order valence-electron chi connectivity index (χ2n) is 6.86. The second kappa shape index (κ2) is 9.41. The summed E-state index contributed by atoms with van der Waals surface area (Å²) in [4.78, 5) is 14.4. The number of nitrogens with one attached hydrogen (secondary N) is 3. The summed E-state index contributed by atoms with van der Waals surface area (Å²) in [5, 5.41) is 7.49. The number of guanidine groups is 1. The Labute approximate surface area is 175 Å². The largest absolute Gasteiger partial charge is 0.359 e. The first kappa shape index (κ1) is 20.6. The number of hydrogen-bond donors (Lipinski definition) is 4. The van der Waals surface area contributed by atoms with Crippen molar-refractivity contribution in [3.05, 3.63) is 40.0 Å². The molecule has 0 saturated carbocycles. The number of hydrogen-bond acceptors (Lipinski definition) is 4. The highest BCUT2D eigenvalue weighted by atomic mass is 35.5. The van der Waals surface area contributed by atoms with Crippen molar-refractivity contribution in [3.8, 4) is 0 Å². The molecule has 1 aromatic heterocycles. The van der Waals surface area contributed by atoms with Crippen LogP contribution in [0.1, 0.15) is 25.5 Å². The number of aryl methyl sites for hydroxylation is 1. The predicted molar refractivity (Wildman–Crippen MR) is 115 cm³/mol. The zero-order chi connectivity index (χ0) is 20.1. The van der Waals surface area contributed by atoms with Crippen molar-refractivity contribution >= 4 is 46.6 Å². The molecule has 0 radical (unpaired) electrons. The van der Waals surface area contributed by atoms with Gasteiger partial charge in [0.2, 0.25) is 0 Å². The molecule has 1 saturated heterocycles. The van der Waals surface area contributed by atoms with Crippen LogP contribution < -0.4 is 21.4 Å². The van der Waals surface area contributed by atoms with Gasteiger partial charge in [-0.25, -0.2) is 4.99 Å². The molecule has 150 valence electrons. The van der Waals surface area contributed by atoms with Crippen LogP contribution in [0.4, 0.5) is 17.5 Å². The number of likely N-dealkylation sites (tertiary alicyclic amines) is 1. The summed E-state index contributed by atoms with van der Waals surface area (Å²) >= 11 is 12.0. The van der Waals surface area contributed by atoms with Crippen molar-refractivity contribution in [2.75, 3.05) is 30.3 Å². The standard InChI is InChI=1S/C19H25Cl2N7/c1-3-28-8-6-13(7-9-28)24-17-10-12(2)23-19(26-17)27-18(22)25-14-4-5-15(20)16(21)11-14/h4-5,10-11,13H,3,6-9H2,1-2H3,(H4,22,23,24,25,26,27)/p+1. The lowest BCUT2D eigenvalue weighted by Crippen LogP contribution is -2.72. The molecule has 5 N–H and O–H groups in total. The molecular formula is C19H26Cl2N7+. The summed E-state index contributed by atoms with van der Waals surface area (Å²) in [6.07, 6.45) is 2.21. The Balaban J connectivity index is 1.68. The first-order valence-corrected chi connectivity index (χ1v) is 10.1. The predicted octanol–water partition coefficient (Wildman–Crippen LogP) is 2.13. The van der Waals surface area contributed by atoms with Crippen LogP contribution in [-0.4, -0.2) is 46.5 Å². The van der Waals surface area contributed by atoms with Crippen LogP contribution in [0.2, 0.25) is 10.0 Å². The molecule has 28 heavy (non-hydrogen) atoms. The van der Waals surface area contributed by atoms with E-state index >= 15 is 0 Å². The van der Waals surface area contributed by atoms with Gasteiger partial charge < -0.3 is 16.0 Å². The van der Waals surface area contributed by atoms with Crippen LogP contribution >= 0.6 is 23.2 Å². The molecular weight excluding hydrogens is 397 g/mol. The van der Waals surface area contributed by atoms with Gasteiger partial charge in [0.25, 0.3) is 5.96 Å². The summed E-state index contributed by atoms with van der Waals surface area (Å²) in [5.41, 5.74) is 7.62. The summed E-state index contributed by atoms with van der Waals surface area (Å²) in [6.45, 7) is 7.45. The normalized spacial score (nSPS) is 16.2. The SMILES string of the molecule is CCN1CCC(Nc2cc(C)nc(/[NH+]=C(\N)Nc3ccc(Cl)c(Cl)c3)n2)CC1. The fourth-order valence-electron chi connectivity index (χ4n) is 3.18. The Kier molecular flexibility index (Phi) is 6.93. The van der Waals surface area contributed by atoms with E-state index in [4.69, 9.17) is 28.9 Å². The first-order valence-electron chi connectivity index (χ1n) is 9.39. The summed E-state index contributed by atoms with van der Waals surface area (Å²) in [5.74, 6) is 1.53. The van der Waals surface area contributed by atoms with Crippen LogP contribution in [0, 0.1) is 6.92 Å². The highest BCUT2D eigenvalue weighted by molar-refractivity contribution is 6.42. The van der Waals surface area contributed by atoms with E-state index in [2.05, 4.69) is 37.4 Å². The first-order chi connectivity index (χ1) is 13.4. The lowest BCUT2D eigenvalue weighted by atomic mass is 10.1. The molecule has 0 bridgehead atoms. The maximum atomic E-state index is 6.05. The molecule has 0 aliphatic carbocycles. The molecule has 2 aromatic rings. The summed E-state index contributed by atoms with van der Waals surface area (Å²) in [6, 6.07) is 7.55. The highest BCUT2D eigenvalue weighted by Crippen LogP contribution is 2.24. The van der Waals surface area contributed by atoms with Crippen LogP contribution in [0.3, 0.4) is 0 Å². The van der Waals surface area contributed by atoms with Gasteiger partial charge in [0.15, 0.2) is 5.82 Å². The van der Waals surface area contributed by atoms with Crippen LogP contribution in [0.25, 0.3) is 0 Å². The van der Waals surface area contributed by atoms with Crippen molar-refractivity contribution in [2.45, 2.75) is 32.7 Å². The van der Waals surface area contributed by atoms with E-state index < -0.39 is 0 Å². The molecule has 7 nitrogen and oxygen atoms in total. The van der Waals surface area contributed by atoms with E-state index in [9.17, 15) is 0 Å². The minimum absolute atomic E-state index is 0.297. The van der Waals surface area contributed by atoms with Crippen molar-refractivity contribution in [1.82, 2.24) is 14.9 Å². The molecule has 0 atom stereocenters. The molecule has 2 heterocycles. The smallest absolute Gasteiger partial charge is 0.355 e. The molecule has 1 aliphatic rings. The van der Waals surface area contributed by atoms with Gasteiger partial charge in [-0.1, -0.05) is 30.1 Å². The quantitative estimate of drug-likeness (QED) is 0.435. The van der Waals surface area contributed by atoms with Crippen molar-refractivity contribution in [3.63, 3.8) is 0 Å². The number of rotatable bonds is 5. The Bertz CT molecular complexity index is 848. The van der Waals surface area contributed by atoms with Gasteiger partial charge in [-0.05, 0) is 44.5 Å². The van der Waals surface area contributed by atoms with Crippen LogP contribution in [0.15, 0.2) is 24.3 Å². The van der Waals surface area contributed by atoms with Gasteiger partial charge >= 0.3 is 5.95 Å². The van der Waals surface area contributed by atoms with E-state index in [0.29, 0.717) is 33.7 Å². The van der Waals surface area contributed by atoms with Gasteiger partial charge in [-0.15, -0.1) is 9.97 Å². The van der Waals surface area contributed by atoms with Crippen LogP contribution in [0.5, 0.6) is 0 Å². The molecule has 0 amide bonds. The van der Waals surface area contributed by atoms with Gasteiger partial charge in [-0.2, -0.15) is 0 Å². The number of anilines is 2. The highest BCUT2D eigenvalue weighted by Gasteiger charge is 2.19. The van der Waals surface area contributed by atoms with Crippen molar-refractivity contribution < 1.29 is 4.99 Å². The lowest BCUT2D eigenvalue weighted by Gasteiger charge is -2.31. The third-order valence-electron chi connectivity index (χ3n) is 4.69. The van der Waals surface area contributed by atoms with E-state index in [1.165, 1.54) is 0 Å². The number of halogens is 2. The lowest BCUT2D eigenvalue weighted by molar-refractivity contribution is -0.365. The summed E-state index contributed by atoms with van der Waals surface area (Å²) in [7, 11) is 0. The van der Waals surface area contributed by atoms with Crippen molar-refractivity contribution in [2.24, 2.45) is 5.73 Å².